The lowest BCUT2D eigenvalue weighted by Gasteiger charge is -2.31. The number of aliphatic hydroxyl groups excluding tert-OH is 1. The van der Waals surface area contributed by atoms with Crippen LogP contribution in [-0.4, -0.2) is 62.3 Å². The number of esters is 1. The van der Waals surface area contributed by atoms with Gasteiger partial charge in [-0.15, -0.1) is 0 Å². The highest BCUT2D eigenvalue weighted by molar-refractivity contribution is 5.72. The Bertz CT molecular complexity index is 825. The fourth-order valence-electron chi connectivity index (χ4n) is 7.38. The van der Waals surface area contributed by atoms with E-state index in [2.05, 4.69) is 38.2 Å². The number of carbonyl (C=O) groups excluding carboxylic acids is 1. The van der Waals surface area contributed by atoms with Crippen molar-refractivity contribution in [2.45, 2.75) is 141 Å². The molecule has 2 saturated carbocycles. The number of aliphatic hydroxyl groups is 1. The van der Waals surface area contributed by atoms with Gasteiger partial charge < -0.3 is 28.8 Å². The summed E-state index contributed by atoms with van der Waals surface area (Å²) in [4.78, 5) is 12.5. The topological polar surface area (TPSA) is 83.5 Å². The van der Waals surface area contributed by atoms with Crippen LogP contribution < -0.4 is 0 Å². The van der Waals surface area contributed by atoms with Crippen LogP contribution in [0.25, 0.3) is 0 Å². The molecule has 0 radical (unpaired) electrons. The van der Waals surface area contributed by atoms with Gasteiger partial charge in [0.1, 0.15) is 0 Å². The average molecular weight is 591 g/mol. The van der Waals surface area contributed by atoms with Gasteiger partial charge in [0.25, 0.3) is 0 Å². The average Bonchev–Trinajstić information content (AvgIpc) is 3.65. The molecule has 2 heterocycles. The molecule has 7 heteroatoms. The molecule has 2 aliphatic heterocycles. The van der Waals surface area contributed by atoms with Crippen molar-refractivity contribution in [3.63, 3.8) is 0 Å². The number of hydrogen-bond acceptors (Lipinski definition) is 7. The second kappa shape index (κ2) is 17.9. The van der Waals surface area contributed by atoms with E-state index < -0.39 is 6.10 Å². The first kappa shape index (κ1) is 33.6. The first-order valence-electron chi connectivity index (χ1n) is 17.1. The minimum absolute atomic E-state index is 0.00573. The van der Waals surface area contributed by atoms with Crippen molar-refractivity contribution in [3.05, 3.63) is 24.3 Å². The van der Waals surface area contributed by atoms with E-state index in [1.165, 1.54) is 20.0 Å². The Kier molecular flexibility index (Phi) is 14.3. The van der Waals surface area contributed by atoms with E-state index in [4.69, 9.17) is 23.7 Å². The lowest BCUT2D eigenvalue weighted by Crippen LogP contribution is -2.32. The molecule has 0 aromatic rings. The number of carbonyl (C=O) groups is 1. The number of rotatable bonds is 15. The molecule has 2 saturated heterocycles. The molecule has 2 aliphatic carbocycles. The van der Waals surface area contributed by atoms with Gasteiger partial charge in [-0.1, -0.05) is 57.4 Å². The van der Waals surface area contributed by atoms with Crippen molar-refractivity contribution < 1.29 is 33.6 Å². The van der Waals surface area contributed by atoms with Crippen LogP contribution in [0.2, 0.25) is 0 Å². The van der Waals surface area contributed by atoms with Crippen LogP contribution >= 0.6 is 0 Å². The Morgan fingerprint density at radius 1 is 0.976 bits per heavy atom. The Balaban J connectivity index is 1.41. The van der Waals surface area contributed by atoms with E-state index >= 15 is 0 Å². The zero-order chi connectivity index (χ0) is 29.7. The Hall–Kier alpha value is -1.25. The lowest BCUT2D eigenvalue weighted by atomic mass is 9.86. The van der Waals surface area contributed by atoms with Crippen molar-refractivity contribution in [3.8, 4) is 0 Å². The van der Waals surface area contributed by atoms with Gasteiger partial charge in [0.2, 0.25) is 0 Å². The predicted molar refractivity (Wildman–Crippen MR) is 164 cm³/mol. The van der Waals surface area contributed by atoms with Crippen molar-refractivity contribution in [2.24, 2.45) is 29.6 Å². The summed E-state index contributed by atoms with van der Waals surface area (Å²) in [5.41, 5.74) is 0. The normalized spacial score (nSPS) is 33.3. The summed E-state index contributed by atoms with van der Waals surface area (Å²) in [6.07, 6.45) is 23.0. The highest BCUT2D eigenvalue weighted by atomic mass is 16.7. The van der Waals surface area contributed by atoms with E-state index in [-0.39, 0.29) is 48.5 Å². The highest BCUT2D eigenvalue weighted by Crippen LogP contribution is 2.40. The minimum atomic E-state index is -0.441. The standard InChI is InChI=1S/C35H58O7/c1-4-25(2)31(41-33-18-10-12-22-39-33)21-20-29-28(30(36)24-32(29)42-34-19-11-13-23-40-34)17-7-5-6-16-27(35(37)38-3)26-14-8-9-15-26/h5,7,20-21,25-34,36H,4,6,8-19,22-24H2,1-3H3/b7-5-,21-20+/t25?,27?,28-,29-,30+,31+,32-,33?,34?/m1/s1. The van der Waals surface area contributed by atoms with Crippen molar-refractivity contribution in [1.29, 1.82) is 0 Å². The molecule has 0 aromatic carbocycles. The second-order valence-corrected chi connectivity index (χ2v) is 13.1. The van der Waals surface area contributed by atoms with Crippen LogP contribution in [-0.2, 0) is 28.5 Å². The van der Waals surface area contributed by atoms with Crippen LogP contribution in [0.5, 0.6) is 0 Å². The van der Waals surface area contributed by atoms with Gasteiger partial charge in [-0.05, 0) is 88.4 Å². The molecule has 4 fully saturated rings. The Morgan fingerprint density at radius 3 is 2.31 bits per heavy atom. The molecule has 0 bridgehead atoms. The predicted octanol–water partition coefficient (Wildman–Crippen LogP) is 7.12. The van der Waals surface area contributed by atoms with Gasteiger partial charge in [-0.25, -0.2) is 0 Å². The molecular formula is C35H58O7. The molecule has 9 atom stereocenters. The number of hydrogen-bond donors (Lipinski definition) is 1. The molecule has 240 valence electrons. The summed E-state index contributed by atoms with van der Waals surface area (Å²) in [7, 11) is 1.51. The zero-order valence-electron chi connectivity index (χ0n) is 26.5. The van der Waals surface area contributed by atoms with Crippen molar-refractivity contribution >= 4 is 5.97 Å². The third kappa shape index (κ3) is 9.88. The van der Waals surface area contributed by atoms with E-state index in [1.54, 1.807) is 0 Å². The fraction of sp³-hybridized carbons (Fsp3) is 0.857. The molecule has 1 N–H and O–H groups in total. The monoisotopic (exact) mass is 590 g/mol. The van der Waals surface area contributed by atoms with Gasteiger partial charge in [-0.3, -0.25) is 4.79 Å². The van der Waals surface area contributed by atoms with Gasteiger partial charge in [0.15, 0.2) is 12.6 Å². The van der Waals surface area contributed by atoms with Crippen LogP contribution in [0.4, 0.5) is 0 Å². The summed E-state index contributed by atoms with van der Waals surface area (Å²) in [5.74, 6) is 0.874. The first-order chi connectivity index (χ1) is 20.5. The maximum absolute atomic E-state index is 12.5. The highest BCUT2D eigenvalue weighted by Gasteiger charge is 2.42. The lowest BCUT2D eigenvalue weighted by molar-refractivity contribution is -0.193. The maximum atomic E-state index is 12.5. The molecule has 0 spiro atoms. The van der Waals surface area contributed by atoms with E-state index in [0.717, 1.165) is 90.3 Å². The molecule has 42 heavy (non-hydrogen) atoms. The fourth-order valence-corrected chi connectivity index (χ4v) is 7.38. The van der Waals surface area contributed by atoms with Gasteiger partial charge >= 0.3 is 5.97 Å². The minimum Gasteiger partial charge on any atom is -0.469 e. The third-order valence-electron chi connectivity index (χ3n) is 10.2. The quantitative estimate of drug-likeness (QED) is 0.161. The zero-order valence-corrected chi connectivity index (χ0v) is 26.5. The van der Waals surface area contributed by atoms with Crippen LogP contribution in [0, 0.1) is 29.6 Å². The summed E-state index contributed by atoms with van der Waals surface area (Å²) in [6, 6.07) is 0. The van der Waals surface area contributed by atoms with E-state index in [9.17, 15) is 9.90 Å². The first-order valence-corrected chi connectivity index (χ1v) is 17.1. The largest absolute Gasteiger partial charge is 0.469 e. The van der Waals surface area contributed by atoms with Crippen LogP contribution in [0.3, 0.4) is 0 Å². The van der Waals surface area contributed by atoms with Crippen LogP contribution in [0.15, 0.2) is 24.3 Å². The third-order valence-corrected chi connectivity index (χ3v) is 10.2. The Morgan fingerprint density at radius 2 is 1.67 bits per heavy atom. The summed E-state index contributed by atoms with van der Waals surface area (Å²) in [5, 5.41) is 11.2. The van der Waals surface area contributed by atoms with E-state index in [1.807, 2.05) is 0 Å². The molecule has 7 nitrogen and oxygen atoms in total. The number of ether oxygens (including phenoxy) is 5. The van der Waals surface area contributed by atoms with E-state index in [0.29, 0.717) is 18.3 Å². The molecule has 4 rings (SSSR count). The van der Waals surface area contributed by atoms with Gasteiger partial charge in [0, 0.05) is 25.6 Å². The molecule has 0 amide bonds. The van der Waals surface area contributed by atoms with Gasteiger partial charge in [-0.2, -0.15) is 0 Å². The number of methoxy groups -OCH3 is 1. The molecular weight excluding hydrogens is 532 g/mol. The summed E-state index contributed by atoms with van der Waals surface area (Å²) in [6.45, 7) is 5.94. The summed E-state index contributed by atoms with van der Waals surface area (Å²) < 4.78 is 30.0. The summed E-state index contributed by atoms with van der Waals surface area (Å²) >= 11 is 0. The molecule has 4 unspecified atom stereocenters. The SMILES string of the molecule is CCC(C)[C@H](/C=C/[C@@H]1[C@@H](C/C=C\CCC(C(=O)OC)C2CCCC2)[C@@H](O)C[C@H]1OC1CCCCO1)OC1CCCCO1. The molecule has 0 aromatic heterocycles. The number of allylic oxidation sites excluding steroid dienone is 2. The van der Waals surface area contributed by atoms with Gasteiger partial charge in [0.05, 0.1) is 31.3 Å². The van der Waals surface area contributed by atoms with Crippen LogP contribution in [0.1, 0.15) is 110 Å². The maximum Gasteiger partial charge on any atom is 0.308 e. The van der Waals surface area contributed by atoms with Crippen molar-refractivity contribution in [2.75, 3.05) is 20.3 Å². The second-order valence-electron chi connectivity index (χ2n) is 13.1. The van der Waals surface area contributed by atoms with Crippen molar-refractivity contribution in [1.82, 2.24) is 0 Å². The molecule has 4 aliphatic rings. The Labute approximate surface area is 254 Å². The smallest absolute Gasteiger partial charge is 0.308 e.